The van der Waals surface area contributed by atoms with E-state index in [0.29, 0.717) is 5.56 Å². The molecule has 5 heteroatoms. The summed E-state index contributed by atoms with van der Waals surface area (Å²) in [5.74, 6) is -0.251. The lowest BCUT2D eigenvalue weighted by atomic mass is 10.2. The molecular formula is C16H12Br2N2O. The number of hydrogen-bond donors (Lipinski definition) is 1. The summed E-state index contributed by atoms with van der Waals surface area (Å²) in [7, 11) is 0. The largest absolute Gasteiger partial charge is 0.271 e. The average molecular weight is 408 g/mol. The Labute approximate surface area is 140 Å². The van der Waals surface area contributed by atoms with Gasteiger partial charge in [-0.15, -0.1) is 0 Å². The highest BCUT2D eigenvalue weighted by Crippen LogP contribution is 2.11. The fraction of sp³-hybridized carbons (Fsp3) is 0. The van der Waals surface area contributed by atoms with Crippen LogP contribution < -0.4 is 5.43 Å². The molecule has 3 nitrogen and oxygen atoms in total. The Hall–Kier alpha value is -1.72. The van der Waals surface area contributed by atoms with Gasteiger partial charge in [0.15, 0.2) is 0 Å². The number of hydrazone groups is 1. The van der Waals surface area contributed by atoms with Gasteiger partial charge in [0.25, 0.3) is 5.91 Å². The normalized spacial score (nSPS) is 11.6. The van der Waals surface area contributed by atoms with Crippen molar-refractivity contribution in [1.29, 1.82) is 0 Å². The minimum absolute atomic E-state index is 0.251. The van der Waals surface area contributed by atoms with E-state index in [2.05, 4.69) is 42.4 Å². The molecule has 0 heterocycles. The number of carbonyl (C=O) groups excluding carboxylic acids is 1. The fourth-order valence-corrected chi connectivity index (χ4v) is 2.20. The first-order valence-corrected chi connectivity index (χ1v) is 7.75. The predicted octanol–water partition coefficient (Wildman–Crippen LogP) is 4.60. The summed E-state index contributed by atoms with van der Waals surface area (Å²) in [6.07, 6.45) is 3.46. The zero-order valence-electron chi connectivity index (χ0n) is 11.0. The summed E-state index contributed by atoms with van der Waals surface area (Å²) >= 11 is 6.71. The molecule has 2 aromatic rings. The van der Waals surface area contributed by atoms with Crippen molar-refractivity contribution in [2.45, 2.75) is 0 Å². The van der Waals surface area contributed by atoms with Crippen LogP contribution in [0.5, 0.6) is 0 Å². The van der Waals surface area contributed by atoms with E-state index in [0.717, 1.165) is 14.5 Å². The molecule has 2 rings (SSSR count). The van der Waals surface area contributed by atoms with Crippen LogP contribution in [0.3, 0.4) is 0 Å². The van der Waals surface area contributed by atoms with Gasteiger partial charge in [-0.3, -0.25) is 4.79 Å². The standard InChI is InChI=1S/C16H12Br2N2O/c17-14-8-6-13(7-9-14)16(21)20-19-11-15(18)10-12-4-2-1-3-5-12/h1-11H,(H,20,21)/b15-10-,19-11?. The monoisotopic (exact) mass is 406 g/mol. The third-order valence-electron chi connectivity index (χ3n) is 2.56. The fourth-order valence-electron chi connectivity index (χ4n) is 1.56. The second-order valence-electron chi connectivity index (χ2n) is 4.15. The maximum absolute atomic E-state index is 11.8. The van der Waals surface area contributed by atoms with Crippen molar-refractivity contribution >= 4 is 50.1 Å². The van der Waals surface area contributed by atoms with E-state index in [9.17, 15) is 4.79 Å². The molecule has 0 spiro atoms. The van der Waals surface area contributed by atoms with Crippen molar-refractivity contribution in [3.8, 4) is 0 Å². The molecule has 0 atom stereocenters. The zero-order chi connectivity index (χ0) is 15.1. The summed E-state index contributed by atoms with van der Waals surface area (Å²) in [5, 5.41) is 3.91. The van der Waals surface area contributed by atoms with Gasteiger partial charge in [0, 0.05) is 14.5 Å². The van der Waals surface area contributed by atoms with E-state index in [-0.39, 0.29) is 5.91 Å². The van der Waals surface area contributed by atoms with Crippen LogP contribution in [0.15, 0.2) is 68.7 Å². The number of nitrogens with one attached hydrogen (secondary N) is 1. The van der Waals surface area contributed by atoms with Gasteiger partial charge in [-0.1, -0.05) is 46.3 Å². The summed E-state index contributed by atoms with van der Waals surface area (Å²) in [5.41, 5.74) is 4.08. The lowest BCUT2D eigenvalue weighted by Gasteiger charge is -1.99. The van der Waals surface area contributed by atoms with Gasteiger partial charge >= 0.3 is 0 Å². The van der Waals surface area contributed by atoms with E-state index in [1.165, 1.54) is 0 Å². The van der Waals surface area contributed by atoms with Crippen LogP contribution >= 0.6 is 31.9 Å². The van der Waals surface area contributed by atoms with Crippen molar-refractivity contribution in [3.63, 3.8) is 0 Å². The molecule has 0 aromatic heterocycles. The summed E-state index contributed by atoms with van der Waals surface area (Å²) < 4.78 is 1.70. The van der Waals surface area contributed by atoms with E-state index in [1.54, 1.807) is 18.3 Å². The molecule has 0 radical (unpaired) electrons. The molecule has 0 saturated heterocycles. The number of benzene rings is 2. The Kier molecular flexibility index (Phi) is 5.90. The summed E-state index contributed by atoms with van der Waals surface area (Å²) in [6, 6.07) is 16.9. The van der Waals surface area contributed by atoms with E-state index >= 15 is 0 Å². The average Bonchev–Trinajstić information content (AvgIpc) is 2.49. The minimum atomic E-state index is -0.251. The van der Waals surface area contributed by atoms with Crippen molar-refractivity contribution in [3.05, 3.63) is 74.7 Å². The lowest BCUT2D eigenvalue weighted by molar-refractivity contribution is 0.0955. The Morgan fingerprint density at radius 1 is 1.05 bits per heavy atom. The Bertz CT molecular complexity index is 664. The first-order valence-electron chi connectivity index (χ1n) is 6.16. The molecule has 0 bridgehead atoms. The summed E-state index contributed by atoms with van der Waals surface area (Å²) in [6.45, 7) is 0. The number of carbonyl (C=O) groups is 1. The van der Waals surface area contributed by atoms with Gasteiger partial charge in [0.2, 0.25) is 0 Å². The van der Waals surface area contributed by atoms with Gasteiger partial charge in [-0.25, -0.2) is 5.43 Å². The van der Waals surface area contributed by atoms with Gasteiger partial charge in [-0.05, 0) is 51.8 Å². The molecule has 0 aliphatic heterocycles. The van der Waals surface area contributed by atoms with Crippen LogP contribution in [0, 0.1) is 0 Å². The zero-order valence-corrected chi connectivity index (χ0v) is 14.1. The highest BCUT2D eigenvalue weighted by Gasteiger charge is 2.02. The SMILES string of the molecule is O=C(NN=C/C(Br)=C/c1ccccc1)c1ccc(Br)cc1. The highest BCUT2D eigenvalue weighted by atomic mass is 79.9. The smallest absolute Gasteiger partial charge is 0.267 e. The van der Waals surface area contributed by atoms with Crippen LogP contribution in [0.4, 0.5) is 0 Å². The van der Waals surface area contributed by atoms with E-state index in [4.69, 9.17) is 0 Å². The predicted molar refractivity (Wildman–Crippen MR) is 93.4 cm³/mol. The van der Waals surface area contributed by atoms with Crippen molar-refractivity contribution in [1.82, 2.24) is 5.43 Å². The van der Waals surface area contributed by atoms with Gasteiger partial charge in [0.05, 0.1) is 6.21 Å². The molecular weight excluding hydrogens is 396 g/mol. The first kappa shape index (κ1) is 15.7. The van der Waals surface area contributed by atoms with Gasteiger partial charge in [-0.2, -0.15) is 5.10 Å². The molecule has 0 unspecified atom stereocenters. The van der Waals surface area contributed by atoms with E-state index in [1.807, 2.05) is 48.5 Å². The molecule has 0 fully saturated rings. The number of halogens is 2. The van der Waals surface area contributed by atoms with Gasteiger partial charge in [0.1, 0.15) is 0 Å². The first-order chi connectivity index (χ1) is 10.1. The highest BCUT2D eigenvalue weighted by molar-refractivity contribution is 9.12. The molecule has 21 heavy (non-hydrogen) atoms. The quantitative estimate of drug-likeness (QED) is 0.583. The lowest BCUT2D eigenvalue weighted by Crippen LogP contribution is -2.17. The number of amides is 1. The van der Waals surface area contributed by atoms with Crippen molar-refractivity contribution < 1.29 is 4.79 Å². The number of allylic oxidation sites excluding steroid dienone is 1. The maximum Gasteiger partial charge on any atom is 0.271 e. The second-order valence-corrected chi connectivity index (χ2v) is 5.98. The molecule has 106 valence electrons. The number of rotatable bonds is 4. The molecule has 0 aliphatic carbocycles. The summed E-state index contributed by atoms with van der Waals surface area (Å²) in [4.78, 5) is 11.8. The molecule has 0 saturated carbocycles. The third-order valence-corrected chi connectivity index (χ3v) is 3.53. The second kappa shape index (κ2) is 7.90. The van der Waals surface area contributed by atoms with E-state index < -0.39 is 0 Å². The van der Waals surface area contributed by atoms with Crippen LogP contribution in [0.25, 0.3) is 6.08 Å². The van der Waals surface area contributed by atoms with Crippen LogP contribution in [-0.4, -0.2) is 12.1 Å². The molecule has 1 N–H and O–H groups in total. The Balaban J connectivity index is 1.94. The maximum atomic E-state index is 11.8. The Morgan fingerprint density at radius 3 is 2.38 bits per heavy atom. The molecule has 2 aromatic carbocycles. The Morgan fingerprint density at radius 2 is 1.71 bits per heavy atom. The van der Waals surface area contributed by atoms with Crippen LogP contribution in [-0.2, 0) is 0 Å². The van der Waals surface area contributed by atoms with Gasteiger partial charge < -0.3 is 0 Å². The third kappa shape index (κ3) is 5.28. The number of hydrogen-bond acceptors (Lipinski definition) is 2. The van der Waals surface area contributed by atoms with Crippen LogP contribution in [0.1, 0.15) is 15.9 Å². The topological polar surface area (TPSA) is 41.5 Å². The molecule has 1 amide bonds. The number of nitrogens with zero attached hydrogens (tertiary/aromatic N) is 1. The van der Waals surface area contributed by atoms with Crippen molar-refractivity contribution in [2.24, 2.45) is 5.10 Å². The van der Waals surface area contributed by atoms with Crippen molar-refractivity contribution in [2.75, 3.05) is 0 Å². The molecule has 0 aliphatic rings. The van der Waals surface area contributed by atoms with Crippen LogP contribution in [0.2, 0.25) is 0 Å². The minimum Gasteiger partial charge on any atom is -0.267 e.